The van der Waals surface area contributed by atoms with Crippen LogP contribution in [0.15, 0.2) is 42.6 Å². The van der Waals surface area contributed by atoms with Crippen molar-refractivity contribution in [1.29, 1.82) is 0 Å². The van der Waals surface area contributed by atoms with Crippen LogP contribution >= 0.6 is 0 Å². The molecule has 108 valence electrons. The molecular formula is C16H16FN3O. The lowest BCUT2D eigenvalue weighted by molar-refractivity contribution is 0.402. The quantitative estimate of drug-likeness (QED) is 0.764. The molecule has 1 unspecified atom stereocenters. The molecule has 2 aromatic carbocycles. The lowest BCUT2D eigenvalue weighted by Gasteiger charge is -2.19. The van der Waals surface area contributed by atoms with E-state index in [1.165, 1.54) is 6.07 Å². The first kappa shape index (κ1) is 13.4. The van der Waals surface area contributed by atoms with Crippen molar-refractivity contribution in [2.75, 3.05) is 12.4 Å². The zero-order valence-electron chi connectivity index (χ0n) is 11.9. The number of aromatic nitrogens is 2. The fourth-order valence-corrected chi connectivity index (χ4v) is 2.51. The second-order valence-corrected chi connectivity index (χ2v) is 4.86. The van der Waals surface area contributed by atoms with Crippen LogP contribution in [0.2, 0.25) is 0 Å². The highest BCUT2D eigenvalue weighted by Crippen LogP contribution is 2.32. The molecule has 0 bridgehead atoms. The number of rotatable bonds is 4. The molecule has 3 rings (SSSR count). The van der Waals surface area contributed by atoms with Crippen molar-refractivity contribution in [2.24, 2.45) is 0 Å². The number of hydrogen-bond donors (Lipinski definition) is 2. The van der Waals surface area contributed by atoms with E-state index in [1.54, 1.807) is 25.4 Å². The van der Waals surface area contributed by atoms with Crippen LogP contribution < -0.4 is 10.1 Å². The Kier molecular flexibility index (Phi) is 3.48. The molecule has 1 heterocycles. The summed E-state index contributed by atoms with van der Waals surface area (Å²) in [7, 11) is 1.54. The molecule has 0 amide bonds. The minimum absolute atomic E-state index is 0.235. The van der Waals surface area contributed by atoms with Gasteiger partial charge in [0.25, 0.3) is 0 Å². The summed E-state index contributed by atoms with van der Waals surface area (Å²) in [4.78, 5) is 0. The minimum Gasteiger partial charge on any atom is -0.496 e. The highest BCUT2D eigenvalue weighted by atomic mass is 19.1. The van der Waals surface area contributed by atoms with Gasteiger partial charge in [0.15, 0.2) is 0 Å². The Morgan fingerprint density at radius 2 is 2.05 bits per heavy atom. The van der Waals surface area contributed by atoms with Gasteiger partial charge in [0.05, 0.1) is 30.4 Å². The van der Waals surface area contributed by atoms with Gasteiger partial charge < -0.3 is 10.1 Å². The van der Waals surface area contributed by atoms with E-state index in [0.717, 1.165) is 16.6 Å². The van der Waals surface area contributed by atoms with E-state index in [1.807, 2.05) is 25.1 Å². The number of ether oxygens (including phenoxy) is 1. The van der Waals surface area contributed by atoms with Gasteiger partial charge in [-0.15, -0.1) is 0 Å². The van der Waals surface area contributed by atoms with E-state index in [9.17, 15) is 4.39 Å². The topological polar surface area (TPSA) is 49.9 Å². The van der Waals surface area contributed by atoms with Gasteiger partial charge in [0, 0.05) is 11.1 Å². The highest BCUT2D eigenvalue weighted by molar-refractivity contribution is 5.91. The van der Waals surface area contributed by atoms with Gasteiger partial charge >= 0.3 is 0 Å². The van der Waals surface area contributed by atoms with Crippen LogP contribution in [0.5, 0.6) is 5.75 Å². The largest absolute Gasteiger partial charge is 0.496 e. The van der Waals surface area contributed by atoms with E-state index in [4.69, 9.17) is 4.74 Å². The van der Waals surface area contributed by atoms with Crippen molar-refractivity contribution in [1.82, 2.24) is 10.2 Å². The molecule has 2 N–H and O–H groups in total. The minimum atomic E-state index is -0.284. The Morgan fingerprint density at radius 1 is 1.24 bits per heavy atom. The summed E-state index contributed by atoms with van der Waals surface area (Å²) in [5.74, 6) is 0.253. The van der Waals surface area contributed by atoms with Gasteiger partial charge in [-0.3, -0.25) is 5.10 Å². The van der Waals surface area contributed by atoms with Crippen LogP contribution in [0.25, 0.3) is 10.9 Å². The fraction of sp³-hybridized carbons (Fsp3) is 0.188. The molecule has 0 aliphatic heterocycles. The van der Waals surface area contributed by atoms with E-state index in [2.05, 4.69) is 15.5 Å². The first-order chi connectivity index (χ1) is 10.2. The van der Waals surface area contributed by atoms with E-state index < -0.39 is 0 Å². The predicted molar refractivity (Wildman–Crippen MR) is 81.1 cm³/mol. The first-order valence-electron chi connectivity index (χ1n) is 6.71. The summed E-state index contributed by atoms with van der Waals surface area (Å²) in [6, 6.07) is 10.4. The van der Waals surface area contributed by atoms with Crippen molar-refractivity contribution in [3.05, 3.63) is 54.0 Å². The molecule has 1 aromatic heterocycles. The maximum Gasteiger partial charge on any atom is 0.132 e. The molecule has 0 saturated heterocycles. The highest BCUT2D eigenvalue weighted by Gasteiger charge is 2.17. The third kappa shape index (κ3) is 2.42. The maximum absolute atomic E-state index is 14.1. The number of benzene rings is 2. The Hall–Kier alpha value is -2.56. The Morgan fingerprint density at radius 3 is 2.86 bits per heavy atom. The van der Waals surface area contributed by atoms with Crippen molar-refractivity contribution >= 4 is 16.6 Å². The summed E-state index contributed by atoms with van der Waals surface area (Å²) in [5, 5.41) is 11.2. The fourth-order valence-electron chi connectivity index (χ4n) is 2.51. The molecule has 0 spiro atoms. The Labute approximate surface area is 121 Å². The number of nitrogens with one attached hydrogen (secondary N) is 2. The zero-order chi connectivity index (χ0) is 14.8. The van der Waals surface area contributed by atoms with Crippen LogP contribution in [0.4, 0.5) is 10.1 Å². The normalized spacial score (nSPS) is 12.3. The van der Waals surface area contributed by atoms with Crippen LogP contribution in [-0.4, -0.2) is 17.3 Å². The molecule has 0 radical (unpaired) electrons. The zero-order valence-corrected chi connectivity index (χ0v) is 11.9. The second kappa shape index (κ2) is 5.44. The predicted octanol–water partition coefficient (Wildman–Crippen LogP) is 3.88. The van der Waals surface area contributed by atoms with Gasteiger partial charge in [-0.2, -0.15) is 5.10 Å². The van der Waals surface area contributed by atoms with Crippen LogP contribution in [0.1, 0.15) is 18.5 Å². The molecule has 1 atom stereocenters. The summed E-state index contributed by atoms with van der Waals surface area (Å²) >= 11 is 0. The Balaban J connectivity index is 1.97. The number of methoxy groups -OCH3 is 1. The van der Waals surface area contributed by atoms with Gasteiger partial charge in [0.1, 0.15) is 11.6 Å². The van der Waals surface area contributed by atoms with E-state index in [-0.39, 0.29) is 11.9 Å². The molecule has 21 heavy (non-hydrogen) atoms. The van der Waals surface area contributed by atoms with Gasteiger partial charge in [0.2, 0.25) is 0 Å². The summed E-state index contributed by atoms with van der Waals surface area (Å²) in [6.45, 7) is 1.90. The molecule has 4 nitrogen and oxygen atoms in total. The molecule has 3 aromatic rings. The lowest BCUT2D eigenvalue weighted by Crippen LogP contribution is -2.10. The molecular weight excluding hydrogens is 269 g/mol. The SMILES string of the molecule is COc1cccc(F)c1C(C)Nc1cccc2[nH]ncc12. The molecule has 0 aliphatic rings. The first-order valence-corrected chi connectivity index (χ1v) is 6.71. The number of aromatic amines is 1. The summed E-state index contributed by atoms with van der Waals surface area (Å²) in [6.07, 6.45) is 1.75. The standard InChI is InChI=1S/C16H16FN3O/c1-10(16-12(17)5-3-8-15(16)21-2)19-13-6-4-7-14-11(13)9-18-20-14/h3-10,19H,1-2H3,(H,18,20). The monoisotopic (exact) mass is 285 g/mol. The van der Waals surface area contributed by atoms with Crippen LogP contribution in [0, 0.1) is 5.82 Å². The van der Waals surface area contributed by atoms with Crippen molar-refractivity contribution < 1.29 is 9.13 Å². The van der Waals surface area contributed by atoms with Crippen molar-refractivity contribution in [2.45, 2.75) is 13.0 Å². The summed E-state index contributed by atoms with van der Waals surface area (Å²) < 4.78 is 19.4. The molecule has 0 fully saturated rings. The second-order valence-electron chi connectivity index (χ2n) is 4.86. The van der Waals surface area contributed by atoms with Gasteiger partial charge in [-0.1, -0.05) is 12.1 Å². The lowest BCUT2D eigenvalue weighted by atomic mass is 10.1. The van der Waals surface area contributed by atoms with E-state index in [0.29, 0.717) is 11.3 Å². The van der Waals surface area contributed by atoms with Gasteiger partial charge in [-0.05, 0) is 31.2 Å². The van der Waals surface area contributed by atoms with Gasteiger partial charge in [-0.25, -0.2) is 4.39 Å². The smallest absolute Gasteiger partial charge is 0.132 e. The molecule has 0 aliphatic carbocycles. The third-order valence-electron chi connectivity index (χ3n) is 3.52. The number of nitrogens with zero attached hydrogens (tertiary/aromatic N) is 1. The van der Waals surface area contributed by atoms with Crippen LogP contribution in [0.3, 0.4) is 0 Å². The van der Waals surface area contributed by atoms with Crippen molar-refractivity contribution in [3.8, 4) is 5.75 Å². The number of anilines is 1. The summed E-state index contributed by atoms with van der Waals surface area (Å²) in [5.41, 5.74) is 2.35. The average Bonchev–Trinajstić information content (AvgIpc) is 2.96. The number of hydrogen-bond acceptors (Lipinski definition) is 3. The molecule has 0 saturated carbocycles. The third-order valence-corrected chi connectivity index (χ3v) is 3.52. The number of fused-ring (bicyclic) bond motifs is 1. The Bertz CT molecular complexity index is 769. The number of halogens is 1. The molecule has 5 heteroatoms. The number of H-pyrrole nitrogens is 1. The maximum atomic E-state index is 14.1. The van der Waals surface area contributed by atoms with Crippen LogP contribution in [-0.2, 0) is 0 Å². The van der Waals surface area contributed by atoms with E-state index >= 15 is 0 Å². The van der Waals surface area contributed by atoms with Crippen molar-refractivity contribution in [3.63, 3.8) is 0 Å². The average molecular weight is 285 g/mol.